The van der Waals surface area contributed by atoms with E-state index in [2.05, 4.69) is 11.0 Å². The fourth-order valence-corrected chi connectivity index (χ4v) is 3.09. The van der Waals surface area contributed by atoms with E-state index in [1.165, 1.54) is 12.1 Å². The molecule has 0 amide bonds. The van der Waals surface area contributed by atoms with Gasteiger partial charge in [0.05, 0.1) is 17.7 Å². The van der Waals surface area contributed by atoms with Crippen molar-refractivity contribution in [1.82, 2.24) is 4.90 Å². The molecule has 0 radical (unpaired) electrons. The third-order valence-electron chi connectivity index (χ3n) is 4.06. The van der Waals surface area contributed by atoms with E-state index in [0.29, 0.717) is 25.1 Å². The van der Waals surface area contributed by atoms with Crippen molar-refractivity contribution in [2.24, 2.45) is 0 Å². The molecule has 1 fully saturated rings. The molecule has 1 aliphatic heterocycles. The molecule has 1 aliphatic rings. The van der Waals surface area contributed by atoms with Crippen LogP contribution >= 0.6 is 0 Å². The van der Waals surface area contributed by atoms with Crippen LogP contribution in [-0.2, 0) is 6.54 Å². The Morgan fingerprint density at radius 1 is 1.23 bits per heavy atom. The predicted octanol–water partition coefficient (Wildman–Crippen LogP) is 3.01. The lowest BCUT2D eigenvalue weighted by atomic mass is 10.0. The lowest BCUT2D eigenvalue weighted by molar-refractivity contribution is 0.172. The van der Waals surface area contributed by atoms with Gasteiger partial charge in [-0.25, -0.2) is 4.39 Å². The van der Waals surface area contributed by atoms with Gasteiger partial charge in [-0.1, -0.05) is 24.3 Å². The number of halogens is 1. The smallest absolute Gasteiger partial charge is 0.123 e. The lowest BCUT2D eigenvalue weighted by Crippen LogP contribution is -2.24. The summed E-state index contributed by atoms with van der Waals surface area (Å²) in [6.07, 6.45) is 0.189. The molecule has 1 heterocycles. The summed E-state index contributed by atoms with van der Waals surface area (Å²) in [6.45, 7) is 1.19. The summed E-state index contributed by atoms with van der Waals surface area (Å²) in [7, 11) is 0. The maximum absolute atomic E-state index is 13.5. The third-order valence-corrected chi connectivity index (χ3v) is 4.06. The van der Waals surface area contributed by atoms with Crippen LogP contribution in [0.5, 0.6) is 0 Å². The molecule has 2 aromatic rings. The molecule has 3 nitrogen and oxygen atoms in total. The van der Waals surface area contributed by atoms with Gasteiger partial charge in [-0.2, -0.15) is 5.26 Å². The Hall–Kier alpha value is -2.22. The molecule has 2 unspecified atom stereocenters. The van der Waals surface area contributed by atoms with E-state index in [4.69, 9.17) is 5.26 Å². The Morgan fingerprint density at radius 3 is 2.82 bits per heavy atom. The Balaban J connectivity index is 1.83. The Labute approximate surface area is 129 Å². The van der Waals surface area contributed by atoms with Crippen LogP contribution in [0.3, 0.4) is 0 Å². The monoisotopic (exact) mass is 296 g/mol. The fraction of sp³-hybridized carbons (Fsp3) is 0.278. The largest absolute Gasteiger partial charge is 0.392 e. The molecular weight excluding hydrogens is 279 g/mol. The first kappa shape index (κ1) is 14.7. The molecule has 1 N–H and O–H groups in total. The molecule has 0 spiro atoms. The second-order valence-corrected chi connectivity index (χ2v) is 5.70. The second kappa shape index (κ2) is 6.27. The van der Waals surface area contributed by atoms with Crippen LogP contribution < -0.4 is 0 Å². The lowest BCUT2D eigenvalue weighted by Gasteiger charge is -2.24. The van der Waals surface area contributed by atoms with Crippen molar-refractivity contribution in [2.45, 2.75) is 25.1 Å². The van der Waals surface area contributed by atoms with Crippen molar-refractivity contribution in [3.63, 3.8) is 0 Å². The quantitative estimate of drug-likeness (QED) is 0.947. The van der Waals surface area contributed by atoms with Gasteiger partial charge < -0.3 is 5.11 Å². The molecule has 112 valence electrons. The van der Waals surface area contributed by atoms with Crippen LogP contribution in [0.4, 0.5) is 4.39 Å². The number of aliphatic hydroxyl groups excluding tert-OH is 1. The number of likely N-dealkylation sites (tertiary alicyclic amines) is 1. The first-order valence-electron chi connectivity index (χ1n) is 7.32. The van der Waals surface area contributed by atoms with Gasteiger partial charge in [-0.15, -0.1) is 0 Å². The number of nitrogens with zero attached hydrogens (tertiary/aromatic N) is 2. The van der Waals surface area contributed by atoms with Crippen LogP contribution in [-0.4, -0.2) is 22.7 Å². The summed E-state index contributed by atoms with van der Waals surface area (Å²) in [4.78, 5) is 2.13. The normalized spacial score (nSPS) is 21.7. The highest BCUT2D eigenvalue weighted by atomic mass is 19.1. The zero-order valence-electron chi connectivity index (χ0n) is 12.1. The van der Waals surface area contributed by atoms with E-state index in [9.17, 15) is 9.50 Å². The van der Waals surface area contributed by atoms with E-state index in [0.717, 1.165) is 11.1 Å². The molecular formula is C18H17FN2O. The zero-order valence-corrected chi connectivity index (χ0v) is 12.1. The van der Waals surface area contributed by atoms with Crippen LogP contribution in [0.25, 0.3) is 0 Å². The highest BCUT2D eigenvalue weighted by Gasteiger charge is 2.32. The number of aliphatic hydroxyl groups is 1. The molecule has 0 bridgehead atoms. The first-order valence-corrected chi connectivity index (χ1v) is 7.32. The second-order valence-electron chi connectivity index (χ2n) is 5.70. The summed E-state index contributed by atoms with van der Waals surface area (Å²) in [5, 5.41) is 19.0. The zero-order chi connectivity index (χ0) is 15.5. The van der Waals surface area contributed by atoms with Crippen molar-refractivity contribution in [1.29, 1.82) is 5.26 Å². The fourth-order valence-electron chi connectivity index (χ4n) is 3.09. The van der Waals surface area contributed by atoms with Crippen LogP contribution in [0.1, 0.15) is 29.2 Å². The van der Waals surface area contributed by atoms with Gasteiger partial charge in [0.2, 0.25) is 0 Å². The summed E-state index contributed by atoms with van der Waals surface area (Å²) >= 11 is 0. The van der Waals surface area contributed by atoms with E-state index >= 15 is 0 Å². The van der Waals surface area contributed by atoms with Crippen molar-refractivity contribution in [2.75, 3.05) is 6.54 Å². The van der Waals surface area contributed by atoms with E-state index < -0.39 is 6.10 Å². The molecule has 1 saturated heterocycles. The van der Waals surface area contributed by atoms with Gasteiger partial charge in [0.25, 0.3) is 0 Å². The van der Waals surface area contributed by atoms with Gasteiger partial charge in [0.15, 0.2) is 0 Å². The maximum Gasteiger partial charge on any atom is 0.123 e. The third kappa shape index (κ3) is 3.16. The Morgan fingerprint density at radius 2 is 2.05 bits per heavy atom. The highest BCUT2D eigenvalue weighted by Crippen LogP contribution is 2.33. The number of β-amino-alcohol motifs (C(OH)–C–C–N with tert-alkyl or cyclic N) is 1. The van der Waals surface area contributed by atoms with Crippen molar-refractivity contribution >= 4 is 0 Å². The van der Waals surface area contributed by atoms with Crippen LogP contribution in [0, 0.1) is 17.1 Å². The average Bonchev–Trinajstić information content (AvgIpc) is 2.88. The number of hydrogen-bond acceptors (Lipinski definition) is 3. The summed E-state index contributed by atoms with van der Waals surface area (Å²) < 4.78 is 13.5. The van der Waals surface area contributed by atoms with Gasteiger partial charge >= 0.3 is 0 Å². The Kier molecular flexibility index (Phi) is 4.19. The predicted molar refractivity (Wildman–Crippen MR) is 81.3 cm³/mol. The first-order chi connectivity index (χ1) is 10.7. The molecule has 22 heavy (non-hydrogen) atoms. The average molecular weight is 296 g/mol. The van der Waals surface area contributed by atoms with E-state index in [-0.39, 0.29) is 11.9 Å². The minimum atomic E-state index is -0.410. The van der Waals surface area contributed by atoms with Crippen molar-refractivity contribution in [3.8, 4) is 6.07 Å². The highest BCUT2D eigenvalue weighted by molar-refractivity contribution is 5.33. The van der Waals surface area contributed by atoms with Crippen molar-refractivity contribution < 1.29 is 9.50 Å². The minimum absolute atomic E-state index is 0.00329. The number of hydrogen-bond donors (Lipinski definition) is 1. The number of nitriles is 1. The SMILES string of the molecule is N#Cc1cccc(CN2CC(O)CC2c2cccc(F)c2)c1. The van der Waals surface area contributed by atoms with Crippen molar-refractivity contribution in [3.05, 3.63) is 71.0 Å². The number of benzene rings is 2. The molecule has 0 saturated carbocycles. The van der Waals surface area contributed by atoms with Gasteiger partial charge in [0.1, 0.15) is 5.82 Å². The topological polar surface area (TPSA) is 47.3 Å². The summed E-state index contributed by atoms with van der Waals surface area (Å²) in [5.74, 6) is -0.259. The van der Waals surface area contributed by atoms with Gasteiger partial charge in [-0.3, -0.25) is 4.90 Å². The van der Waals surface area contributed by atoms with Crippen LogP contribution in [0.15, 0.2) is 48.5 Å². The molecule has 2 atom stereocenters. The Bertz CT molecular complexity index is 710. The minimum Gasteiger partial charge on any atom is -0.392 e. The maximum atomic E-state index is 13.5. The van der Waals surface area contributed by atoms with E-state index in [1.807, 2.05) is 24.3 Å². The molecule has 0 aromatic heterocycles. The summed E-state index contributed by atoms with van der Waals surface area (Å²) in [6, 6.07) is 16.1. The standard InChI is InChI=1S/C18H17FN2O/c19-16-6-2-5-15(8-16)18-9-17(22)12-21(18)11-14-4-1-3-13(7-14)10-20/h1-8,17-18,22H,9,11-12H2. The molecule has 3 rings (SSSR count). The van der Waals surface area contributed by atoms with Gasteiger partial charge in [0, 0.05) is 19.1 Å². The summed E-state index contributed by atoms with van der Waals surface area (Å²) in [5.41, 5.74) is 2.53. The molecule has 2 aromatic carbocycles. The number of rotatable bonds is 3. The van der Waals surface area contributed by atoms with E-state index in [1.54, 1.807) is 12.1 Å². The van der Waals surface area contributed by atoms with Crippen LogP contribution in [0.2, 0.25) is 0 Å². The molecule has 4 heteroatoms. The molecule has 0 aliphatic carbocycles. The van der Waals surface area contributed by atoms with Gasteiger partial charge in [-0.05, 0) is 41.8 Å².